The second-order valence-electron chi connectivity index (χ2n) is 5.34. The summed E-state index contributed by atoms with van der Waals surface area (Å²) in [7, 11) is 0. The van der Waals surface area contributed by atoms with Gasteiger partial charge >= 0.3 is 0 Å². The van der Waals surface area contributed by atoms with Crippen LogP contribution in [0.25, 0.3) is 0 Å². The maximum absolute atomic E-state index is 6.21. The van der Waals surface area contributed by atoms with Gasteiger partial charge in [0.2, 0.25) is 0 Å². The Morgan fingerprint density at radius 1 is 1.25 bits per heavy atom. The highest BCUT2D eigenvalue weighted by Crippen LogP contribution is 2.36. The number of fused-ring (bicyclic) bond motifs is 1. The number of rotatable bonds is 2. The fraction of sp³-hybridized carbons (Fsp3) is 0.294. The number of hydrogen-bond donors (Lipinski definition) is 1. The fourth-order valence-corrected chi connectivity index (χ4v) is 2.95. The number of halogens is 1. The molecule has 0 saturated carbocycles. The van der Waals surface area contributed by atoms with Crippen molar-refractivity contribution in [3.05, 3.63) is 58.1 Å². The third kappa shape index (κ3) is 2.48. The summed E-state index contributed by atoms with van der Waals surface area (Å²) < 4.78 is 6.21. The van der Waals surface area contributed by atoms with Gasteiger partial charge in [-0.3, -0.25) is 0 Å². The van der Waals surface area contributed by atoms with E-state index in [9.17, 15) is 0 Å². The minimum Gasteiger partial charge on any atom is -0.485 e. The number of nitrogen functional groups attached to an aromatic ring is 1. The first kappa shape index (κ1) is 13.3. The summed E-state index contributed by atoms with van der Waals surface area (Å²) in [5, 5.41) is 0.551. The Kier molecular flexibility index (Phi) is 3.58. The molecule has 0 amide bonds. The summed E-state index contributed by atoms with van der Waals surface area (Å²) in [6.07, 6.45) is 3.44. The number of ether oxygens (including phenoxy) is 1. The van der Waals surface area contributed by atoms with Crippen LogP contribution < -0.4 is 10.5 Å². The molecule has 0 saturated heterocycles. The van der Waals surface area contributed by atoms with Crippen LogP contribution in [0.3, 0.4) is 0 Å². The van der Waals surface area contributed by atoms with Crippen molar-refractivity contribution < 1.29 is 4.74 Å². The summed E-state index contributed by atoms with van der Waals surface area (Å²) in [4.78, 5) is 0. The lowest BCUT2D eigenvalue weighted by Gasteiger charge is -2.27. The summed E-state index contributed by atoms with van der Waals surface area (Å²) >= 11 is 6.10. The molecule has 3 heteroatoms. The third-order valence-corrected chi connectivity index (χ3v) is 4.21. The predicted molar refractivity (Wildman–Crippen MR) is 83.4 cm³/mol. The molecular weight excluding hydrogens is 270 g/mol. The molecule has 0 radical (unpaired) electrons. The van der Waals surface area contributed by atoms with Crippen LogP contribution in [-0.4, -0.2) is 0 Å². The van der Waals surface area contributed by atoms with E-state index in [0.29, 0.717) is 10.7 Å². The highest BCUT2D eigenvalue weighted by atomic mass is 35.5. The molecule has 2 nitrogen and oxygen atoms in total. The molecule has 1 unspecified atom stereocenters. The Balaban J connectivity index is 1.91. The van der Waals surface area contributed by atoms with Gasteiger partial charge in [-0.25, -0.2) is 0 Å². The number of anilines is 1. The van der Waals surface area contributed by atoms with Crippen molar-refractivity contribution in [3.8, 4) is 5.75 Å². The van der Waals surface area contributed by atoms with Gasteiger partial charge in [-0.2, -0.15) is 0 Å². The lowest BCUT2D eigenvalue weighted by atomic mass is 9.89. The molecule has 0 bridgehead atoms. The van der Waals surface area contributed by atoms with Gasteiger partial charge in [-0.05, 0) is 48.9 Å². The van der Waals surface area contributed by atoms with Crippen molar-refractivity contribution in [2.75, 3.05) is 5.73 Å². The quantitative estimate of drug-likeness (QED) is 0.814. The van der Waals surface area contributed by atoms with Gasteiger partial charge in [0.1, 0.15) is 11.9 Å². The largest absolute Gasteiger partial charge is 0.485 e. The Morgan fingerprint density at radius 3 is 2.90 bits per heavy atom. The van der Waals surface area contributed by atoms with Crippen molar-refractivity contribution in [2.45, 2.75) is 32.3 Å². The molecule has 1 aliphatic carbocycles. The predicted octanol–water partition coefficient (Wildman–Crippen LogP) is 4.69. The zero-order valence-corrected chi connectivity index (χ0v) is 12.3. The van der Waals surface area contributed by atoms with E-state index >= 15 is 0 Å². The summed E-state index contributed by atoms with van der Waals surface area (Å²) in [5.41, 5.74) is 10.1. The van der Waals surface area contributed by atoms with E-state index in [4.69, 9.17) is 22.1 Å². The van der Waals surface area contributed by atoms with Crippen molar-refractivity contribution in [3.63, 3.8) is 0 Å². The molecule has 0 fully saturated rings. The zero-order chi connectivity index (χ0) is 14.1. The van der Waals surface area contributed by atoms with Crippen LogP contribution in [-0.2, 0) is 6.42 Å². The van der Waals surface area contributed by atoms with Gasteiger partial charge in [0.15, 0.2) is 0 Å². The number of hydrogen-bond acceptors (Lipinski definition) is 2. The number of benzene rings is 2. The Morgan fingerprint density at radius 2 is 2.05 bits per heavy atom. The van der Waals surface area contributed by atoms with Crippen LogP contribution >= 0.6 is 11.6 Å². The van der Waals surface area contributed by atoms with Crippen molar-refractivity contribution in [1.29, 1.82) is 0 Å². The minimum absolute atomic E-state index is 0.110. The lowest BCUT2D eigenvalue weighted by Crippen LogP contribution is -2.15. The molecule has 0 aliphatic heterocycles. The van der Waals surface area contributed by atoms with Gasteiger partial charge < -0.3 is 10.5 Å². The van der Waals surface area contributed by atoms with E-state index in [-0.39, 0.29) is 6.10 Å². The normalized spacial score (nSPS) is 17.6. The van der Waals surface area contributed by atoms with Crippen molar-refractivity contribution in [1.82, 2.24) is 0 Å². The smallest absolute Gasteiger partial charge is 0.124 e. The average molecular weight is 288 g/mol. The van der Waals surface area contributed by atoms with E-state index in [1.807, 2.05) is 19.1 Å². The van der Waals surface area contributed by atoms with Crippen molar-refractivity contribution in [2.24, 2.45) is 0 Å². The van der Waals surface area contributed by atoms with Gasteiger partial charge in [-0.1, -0.05) is 35.9 Å². The molecule has 0 aromatic heterocycles. The SMILES string of the molecule is Cc1cc(N)c(Cl)cc1OC1CCCc2ccccc21. The second-order valence-corrected chi connectivity index (χ2v) is 5.74. The van der Waals surface area contributed by atoms with E-state index < -0.39 is 0 Å². The molecular formula is C17H18ClNO. The van der Waals surface area contributed by atoms with Gasteiger partial charge in [0.25, 0.3) is 0 Å². The van der Waals surface area contributed by atoms with Crippen LogP contribution in [0.15, 0.2) is 36.4 Å². The van der Waals surface area contributed by atoms with Crippen LogP contribution in [0.4, 0.5) is 5.69 Å². The topological polar surface area (TPSA) is 35.2 Å². The molecule has 1 atom stereocenters. The molecule has 0 spiro atoms. The third-order valence-electron chi connectivity index (χ3n) is 3.88. The minimum atomic E-state index is 0.110. The highest BCUT2D eigenvalue weighted by molar-refractivity contribution is 6.33. The first-order valence-corrected chi connectivity index (χ1v) is 7.33. The lowest BCUT2D eigenvalue weighted by molar-refractivity contribution is 0.182. The fourth-order valence-electron chi connectivity index (χ4n) is 2.80. The first-order chi connectivity index (χ1) is 9.65. The summed E-state index contributed by atoms with van der Waals surface area (Å²) in [6, 6.07) is 12.2. The second kappa shape index (κ2) is 5.37. The van der Waals surface area contributed by atoms with Gasteiger partial charge in [-0.15, -0.1) is 0 Å². The molecule has 2 aromatic rings. The molecule has 104 valence electrons. The monoisotopic (exact) mass is 287 g/mol. The zero-order valence-electron chi connectivity index (χ0n) is 11.5. The maximum atomic E-state index is 6.21. The Labute approximate surface area is 124 Å². The molecule has 20 heavy (non-hydrogen) atoms. The van der Waals surface area contributed by atoms with Crippen LogP contribution in [0.1, 0.15) is 35.6 Å². The summed E-state index contributed by atoms with van der Waals surface area (Å²) in [6.45, 7) is 2.00. The van der Waals surface area contributed by atoms with E-state index in [1.165, 1.54) is 11.1 Å². The molecule has 3 rings (SSSR count). The molecule has 2 aromatic carbocycles. The Bertz CT molecular complexity index is 639. The number of aryl methyl sites for hydroxylation is 2. The van der Waals surface area contributed by atoms with Gasteiger partial charge in [0, 0.05) is 6.07 Å². The van der Waals surface area contributed by atoms with E-state index in [0.717, 1.165) is 30.6 Å². The Hall–Kier alpha value is -1.67. The van der Waals surface area contributed by atoms with Crippen molar-refractivity contribution >= 4 is 17.3 Å². The standard InChI is InChI=1S/C17H18ClNO/c1-11-9-15(19)14(18)10-17(11)20-16-8-4-6-12-5-2-3-7-13(12)16/h2-3,5,7,9-10,16H,4,6,8,19H2,1H3. The van der Waals surface area contributed by atoms with E-state index in [2.05, 4.69) is 24.3 Å². The maximum Gasteiger partial charge on any atom is 0.124 e. The number of nitrogens with two attached hydrogens (primary N) is 1. The average Bonchev–Trinajstić information content (AvgIpc) is 2.45. The van der Waals surface area contributed by atoms with Crippen LogP contribution in [0.5, 0.6) is 5.75 Å². The van der Waals surface area contributed by atoms with Gasteiger partial charge in [0.05, 0.1) is 10.7 Å². The summed E-state index contributed by atoms with van der Waals surface area (Å²) in [5.74, 6) is 0.825. The molecule has 1 aliphatic rings. The van der Waals surface area contributed by atoms with E-state index in [1.54, 1.807) is 0 Å². The molecule has 2 N–H and O–H groups in total. The highest BCUT2D eigenvalue weighted by Gasteiger charge is 2.22. The van der Waals surface area contributed by atoms with Crippen LogP contribution in [0, 0.1) is 6.92 Å². The first-order valence-electron chi connectivity index (χ1n) is 6.95. The molecule has 0 heterocycles. The van der Waals surface area contributed by atoms with Crippen LogP contribution in [0.2, 0.25) is 5.02 Å².